The SMILES string of the molecule is CCNC(=NCc1ccc(C)cc1OC1CCOC1)NCC1CCN(C)CC1.I. The number of hydrogen-bond donors (Lipinski definition) is 2. The molecule has 2 aliphatic rings. The second-order valence-corrected chi connectivity index (χ2v) is 8.04. The molecule has 2 saturated heterocycles. The van der Waals surface area contributed by atoms with E-state index in [4.69, 9.17) is 14.5 Å². The molecule has 0 bridgehead atoms. The minimum absolute atomic E-state index is 0. The predicted octanol–water partition coefficient (Wildman–Crippen LogP) is 3.18. The number of rotatable bonds is 7. The third kappa shape index (κ3) is 7.94. The molecule has 1 unspecified atom stereocenters. The van der Waals surface area contributed by atoms with Crippen LogP contribution in [0, 0.1) is 12.8 Å². The number of halogens is 1. The van der Waals surface area contributed by atoms with Crippen molar-refractivity contribution in [3.05, 3.63) is 29.3 Å². The van der Waals surface area contributed by atoms with Gasteiger partial charge >= 0.3 is 0 Å². The van der Waals surface area contributed by atoms with Crippen LogP contribution in [-0.2, 0) is 11.3 Å². The van der Waals surface area contributed by atoms with Crippen LogP contribution in [0.25, 0.3) is 0 Å². The van der Waals surface area contributed by atoms with Crippen molar-refractivity contribution in [2.45, 2.75) is 45.8 Å². The molecule has 2 heterocycles. The van der Waals surface area contributed by atoms with E-state index in [1.165, 1.54) is 31.5 Å². The number of guanidine groups is 1. The minimum Gasteiger partial charge on any atom is -0.488 e. The maximum atomic E-state index is 6.21. The van der Waals surface area contributed by atoms with E-state index in [2.05, 4.69) is 54.6 Å². The number of aryl methyl sites for hydroxylation is 1. The van der Waals surface area contributed by atoms with Crippen molar-refractivity contribution in [3.8, 4) is 5.75 Å². The summed E-state index contributed by atoms with van der Waals surface area (Å²) in [5, 5.41) is 6.91. The number of aliphatic imine (C=N–C) groups is 1. The van der Waals surface area contributed by atoms with Gasteiger partial charge in [0.2, 0.25) is 0 Å². The summed E-state index contributed by atoms with van der Waals surface area (Å²) in [7, 11) is 2.20. The van der Waals surface area contributed by atoms with Gasteiger partial charge in [0.25, 0.3) is 0 Å². The Bertz CT molecular complexity index is 642. The standard InChI is InChI=1S/C22H36N4O2.HI/c1-4-23-22(24-14-18-7-10-26(3)11-8-18)25-15-19-6-5-17(2)13-21(19)28-20-9-12-27-16-20;/h5-6,13,18,20H,4,7-12,14-16H2,1-3H3,(H2,23,24,25);1H. The van der Waals surface area contributed by atoms with Crippen molar-refractivity contribution < 1.29 is 9.47 Å². The Hall–Kier alpha value is -1.06. The number of hydrogen-bond acceptors (Lipinski definition) is 4. The van der Waals surface area contributed by atoms with Gasteiger partial charge in [-0.1, -0.05) is 12.1 Å². The second-order valence-electron chi connectivity index (χ2n) is 8.04. The number of nitrogens with one attached hydrogen (secondary N) is 2. The maximum Gasteiger partial charge on any atom is 0.191 e. The Balaban J connectivity index is 0.00000300. The number of likely N-dealkylation sites (tertiary alicyclic amines) is 1. The lowest BCUT2D eigenvalue weighted by molar-refractivity contribution is 0.140. The first-order valence-corrected chi connectivity index (χ1v) is 10.7. The molecule has 2 aliphatic heterocycles. The Morgan fingerprint density at radius 2 is 2.03 bits per heavy atom. The van der Waals surface area contributed by atoms with Crippen LogP contribution in [0.3, 0.4) is 0 Å². The van der Waals surface area contributed by atoms with Crippen LogP contribution in [0.2, 0.25) is 0 Å². The van der Waals surface area contributed by atoms with Crippen molar-refractivity contribution in [2.75, 3.05) is 46.4 Å². The summed E-state index contributed by atoms with van der Waals surface area (Å²) in [4.78, 5) is 7.23. The molecule has 0 radical (unpaired) electrons. The van der Waals surface area contributed by atoms with Crippen LogP contribution in [-0.4, -0.2) is 63.4 Å². The van der Waals surface area contributed by atoms with Gasteiger partial charge in [-0.25, -0.2) is 4.99 Å². The van der Waals surface area contributed by atoms with Gasteiger partial charge in [0.05, 0.1) is 19.8 Å². The summed E-state index contributed by atoms with van der Waals surface area (Å²) >= 11 is 0. The highest BCUT2D eigenvalue weighted by Gasteiger charge is 2.19. The molecular formula is C22H37IN4O2. The van der Waals surface area contributed by atoms with Crippen molar-refractivity contribution in [2.24, 2.45) is 10.9 Å². The molecule has 6 nitrogen and oxygen atoms in total. The first kappa shape index (κ1) is 24.2. The Morgan fingerprint density at radius 1 is 1.24 bits per heavy atom. The van der Waals surface area contributed by atoms with E-state index in [1.54, 1.807) is 0 Å². The topological polar surface area (TPSA) is 58.1 Å². The van der Waals surface area contributed by atoms with Gasteiger partial charge in [0.1, 0.15) is 11.9 Å². The van der Waals surface area contributed by atoms with Crippen LogP contribution < -0.4 is 15.4 Å². The molecule has 164 valence electrons. The van der Waals surface area contributed by atoms with Gasteiger partial charge in [0.15, 0.2) is 5.96 Å². The third-order valence-corrected chi connectivity index (χ3v) is 5.55. The molecule has 0 amide bonds. The molecule has 0 aliphatic carbocycles. The molecule has 0 saturated carbocycles. The second kappa shape index (κ2) is 12.6. The van der Waals surface area contributed by atoms with E-state index in [1.807, 2.05) is 0 Å². The Morgan fingerprint density at radius 3 is 2.72 bits per heavy atom. The summed E-state index contributed by atoms with van der Waals surface area (Å²) in [5.74, 6) is 2.54. The molecule has 1 aromatic rings. The number of piperidine rings is 1. The highest BCUT2D eigenvalue weighted by molar-refractivity contribution is 14.0. The lowest BCUT2D eigenvalue weighted by Gasteiger charge is -2.29. The molecule has 1 aromatic carbocycles. The summed E-state index contributed by atoms with van der Waals surface area (Å²) in [6, 6.07) is 6.37. The predicted molar refractivity (Wildman–Crippen MR) is 129 cm³/mol. The average molecular weight is 516 g/mol. The molecule has 0 spiro atoms. The zero-order valence-corrected chi connectivity index (χ0v) is 20.4. The Kier molecular flexibility index (Phi) is 10.5. The summed E-state index contributed by atoms with van der Waals surface area (Å²) in [6.45, 7) is 10.5. The molecule has 0 aromatic heterocycles. The van der Waals surface area contributed by atoms with E-state index < -0.39 is 0 Å². The fourth-order valence-electron chi connectivity index (χ4n) is 3.70. The lowest BCUT2D eigenvalue weighted by atomic mass is 9.97. The van der Waals surface area contributed by atoms with Gasteiger partial charge in [-0.05, 0) is 64.4 Å². The van der Waals surface area contributed by atoms with Crippen molar-refractivity contribution >= 4 is 29.9 Å². The van der Waals surface area contributed by atoms with Crippen LogP contribution in [0.5, 0.6) is 5.75 Å². The molecule has 2 fully saturated rings. The monoisotopic (exact) mass is 516 g/mol. The largest absolute Gasteiger partial charge is 0.488 e. The van der Waals surface area contributed by atoms with Crippen LogP contribution in [0.4, 0.5) is 0 Å². The number of benzene rings is 1. The fraction of sp³-hybridized carbons (Fsp3) is 0.682. The van der Waals surface area contributed by atoms with Crippen molar-refractivity contribution in [1.82, 2.24) is 15.5 Å². The summed E-state index contributed by atoms with van der Waals surface area (Å²) in [5.41, 5.74) is 2.32. The third-order valence-electron chi connectivity index (χ3n) is 5.55. The van der Waals surface area contributed by atoms with E-state index in [0.717, 1.165) is 49.3 Å². The van der Waals surface area contributed by atoms with Crippen LogP contribution in [0.15, 0.2) is 23.2 Å². The smallest absolute Gasteiger partial charge is 0.191 e. The molecule has 7 heteroatoms. The molecular weight excluding hydrogens is 479 g/mol. The fourth-order valence-corrected chi connectivity index (χ4v) is 3.70. The summed E-state index contributed by atoms with van der Waals surface area (Å²) in [6.07, 6.45) is 3.61. The molecule has 29 heavy (non-hydrogen) atoms. The zero-order chi connectivity index (χ0) is 19.8. The van der Waals surface area contributed by atoms with Gasteiger partial charge in [-0.15, -0.1) is 24.0 Å². The van der Waals surface area contributed by atoms with Crippen molar-refractivity contribution in [1.29, 1.82) is 0 Å². The quantitative estimate of drug-likeness (QED) is 0.331. The molecule has 1 atom stereocenters. The van der Waals surface area contributed by atoms with E-state index in [-0.39, 0.29) is 30.1 Å². The van der Waals surface area contributed by atoms with Crippen molar-refractivity contribution in [3.63, 3.8) is 0 Å². The first-order chi connectivity index (χ1) is 13.6. The van der Waals surface area contributed by atoms with Gasteiger partial charge < -0.3 is 25.0 Å². The molecule has 3 rings (SSSR count). The highest BCUT2D eigenvalue weighted by Crippen LogP contribution is 2.24. The van der Waals surface area contributed by atoms with E-state index in [9.17, 15) is 0 Å². The van der Waals surface area contributed by atoms with Gasteiger partial charge in [-0.2, -0.15) is 0 Å². The first-order valence-electron chi connectivity index (χ1n) is 10.7. The lowest BCUT2D eigenvalue weighted by Crippen LogP contribution is -2.42. The zero-order valence-electron chi connectivity index (χ0n) is 18.1. The van der Waals surface area contributed by atoms with Gasteiger partial charge in [-0.3, -0.25) is 0 Å². The maximum absolute atomic E-state index is 6.21. The summed E-state index contributed by atoms with van der Waals surface area (Å²) < 4.78 is 11.7. The highest BCUT2D eigenvalue weighted by atomic mass is 127. The molecule has 2 N–H and O–H groups in total. The Labute approximate surface area is 192 Å². The van der Waals surface area contributed by atoms with Crippen LogP contribution in [0.1, 0.15) is 37.3 Å². The van der Waals surface area contributed by atoms with Gasteiger partial charge in [0, 0.05) is 25.1 Å². The average Bonchev–Trinajstić information content (AvgIpc) is 3.19. The van der Waals surface area contributed by atoms with E-state index in [0.29, 0.717) is 13.2 Å². The normalized spacial score (nSPS) is 20.9. The number of nitrogens with zero attached hydrogens (tertiary/aromatic N) is 2. The number of ether oxygens (including phenoxy) is 2. The van der Waals surface area contributed by atoms with Crippen LogP contribution >= 0.6 is 24.0 Å². The minimum atomic E-state index is 0. The van der Waals surface area contributed by atoms with E-state index >= 15 is 0 Å².